The van der Waals surface area contributed by atoms with Crippen LogP contribution in [0.2, 0.25) is 0 Å². The SMILES string of the molecule is CC(NC(=O)CCCOc1ccc(C(C)(C)C)cc1)c1ccc2c(c1)CCC(=O)N2. The lowest BCUT2D eigenvalue weighted by atomic mass is 9.87. The van der Waals surface area contributed by atoms with E-state index in [1.165, 1.54) is 5.56 Å². The monoisotopic (exact) mass is 408 g/mol. The van der Waals surface area contributed by atoms with Gasteiger partial charge in [-0.25, -0.2) is 0 Å². The fourth-order valence-electron chi connectivity index (χ4n) is 3.54. The molecule has 0 aromatic heterocycles. The third kappa shape index (κ3) is 5.85. The van der Waals surface area contributed by atoms with E-state index in [1.54, 1.807) is 0 Å². The average Bonchev–Trinajstić information content (AvgIpc) is 2.70. The Balaban J connectivity index is 1.42. The van der Waals surface area contributed by atoms with Gasteiger partial charge in [-0.15, -0.1) is 0 Å². The van der Waals surface area contributed by atoms with Crippen molar-refractivity contribution in [2.45, 2.75) is 64.8 Å². The van der Waals surface area contributed by atoms with Crippen LogP contribution in [0, 0.1) is 0 Å². The summed E-state index contributed by atoms with van der Waals surface area (Å²) >= 11 is 0. The van der Waals surface area contributed by atoms with E-state index in [9.17, 15) is 9.59 Å². The predicted octanol–water partition coefficient (Wildman–Crippen LogP) is 4.91. The normalized spacial score (nSPS) is 14.5. The van der Waals surface area contributed by atoms with Crippen molar-refractivity contribution in [2.24, 2.45) is 0 Å². The van der Waals surface area contributed by atoms with Gasteiger partial charge in [0.15, 0.2) is 0 Å². The van der Waals surface area contributed by atoms with Gasteiger partial charge in [0.25, 0.3) is 0 Å². The van der Waals surface area contributed by atoms with Gasteiger partial charge in [0.2, 0.25) is 11.8 Å². The Morgan fingerprint density at radius 1 is 1.13 bits per heavy atom. The molecule has 2 N–H and O–H groups in total. The quantitative estimate of drug-likeness (QED) is 0.640. The highest BCUT2D eigenvalue weighted by molar-refractivity contribution is 5.93. The van der Waals surface area contributed by atoms with Crippen molar-refractivity contribution < 1.29 is 14.3 Å². The van der Waals surface area contributed by atoms with Crippen LogP contribution in [-0.4, -0.2) is 18.4 Å². The zero-order valence-corrected chi connectivity index (χ0v) is 18.4. The number of hydrogen-bond donors (Lipinski definition) is 2. The minimum absolute atomic E-state index is 0.0141. The van der Waals surface area contributed by atoms with Gasteiger partial charge in [-0.3, -0.25) is 9.59 Å². The fourth-order valence-corrected chi connectivity index (χ4v) is 3.54. The van der Waals surface area contributed by atoms with E-state index in [4.69, 9.17) is 4.74 Å². The van der Waals surface area contributed by atoms with E-state index < -0.39 is 0 Å². The number of carbonyl (C=O) groups excluding carboxylic acids is 2. The van der Waals surface area contributed by atoms with Crippen LogP contribution >= 0.6 is 0 Å². The molecule has 1 unspecified atom stereocenters. The second-order valence-corrected chi connectivity index (χ2v) is 8.98. The lowest BCUT2D eigenvalue weighted by Crippen LogP contribution is -2.27. The molecule has 1 aliphatic heterocycles. The molecule has 0 aliphatic carbocycles. The number of rotatable bonds is 7. The van der Waals surface area contributed by atoms with E-state index in [2.05, 4.69) is 49.6 Å². The molecule has 0 spiro atoms. The van der Waals surface area contributed by atoms with Crippen molar-refractivity contribution in [3.8, 4) is 5.75 Å². The maximum absolute atomic E-state index is 12.3. The first-order valence-electron chi connectivity index (χ1n) is 10.7. The van der Waals surface area contributed by atoms with Crippen molar-refractivity contribution in [1.29, 1.82) is 0 Å². The molecule has 0 fully saturated rings. The number of fused-ring (bicyclic) bond motifs is 1. The standard InChI is InChI=1S/C25H32N2O3/c1-17(18-7-13-22-19(16-18)8-14-24(29)27-22)26-23(28)6-5-15-30-21-11-9-20(10-12-21)25(2,3)4/h7,9-13,16-17H,5-6,8,14-15H2,1-4H3,(H,26,28)(H,27,29). The Labute approximate surface area is 179 Å². The zero-order valence-electron chi connectivity index (χ0n) is 18.4. The van der Waals surface area contributed by atoms with Crippen molar-refractivity contribution in [1.82, 2.24) is 5.32 Å². The van der Waals surface area contributed by atoms with Gasteiger partial charge in [0.05, 0.1) is 12.6 Å². The van der Waals surface area contributed by atoms with Gasteiger partial charge in [0.1, 0.15) is 5.75 Å². The van der Waals surface area contributed by atoms with E-state index in [0.717, 1.165) is 29.0 Å². The van der Waals surface area contributed by atoms with E-state index in [-0.39, 0.29) is 23.3 Å². The second kappa shape index (κ2) is 9.33. The first kappa shape index (κ1) is 21.9. The number of anilines is 1. The summed E-state index contributed by atoms with van der Waals surface area (Å²) in [5.41, 5.74) is 4.45. The maximum Gasteiger partial charge on any atom is 0.224 e. The Kier molecular flexibility index (Phi) is 6.80. The summed E-state index contributed by atoms with van der Waals surface area (Å²) in [6, 6.07) is 14.0. The largest absolute Gasteiger partial charge is 0.494 e. The molecule has 0 saturated carbocycles. The lowest BCUT2D eigenvalue weighted by Gasteiger charge is -2.20. The molecule has 160 valence electrons. The molecule has 2 aromatic carbocycles. The summed E-state index contributed by atoms with van der Waals surface area (Å²) < 4.78 is 5.77. The summed E-state index contributed by atoms with van der Waals surface area (Å²) in [6.07, 6.45) is 2.33. The number of carbonyl (C=O) groups is 2. The van der Waals surface area contributed by atoms with Crippen LogP contribution in [0.1, 0.15) is 69.7 Å². The van der Waals surface area contributed by atoms with E-state index in [1.807, 2.05) is 31.2 Å². The summed E-state index contributed by atoms with van der Waals surface area (Å²) in [5.74, 6) is 0.905. The van der Waals surface area contributed by atoms with Crippen LogP contribution in [0.15, 0.2) is 42.5 Å². The second-order valence-electron chi connectivity index (χ2n) is 8.98. The Hall–Kier alpha value is -2.82. The smallest absolute Gasteiger partial charge is 0.224 e. The number of amides is 2. The number of aryl methyl sites for hydroxylation is 1. The predicted molar refractivity (Wildman–Crippen MR) is 120 cm³/mol. The zero-order chi connectivity index (χ0) is 21.7. The lowest BCUT2D eigenvalue weighted by molar-refractivity contribution is -0.122. The number of hydrogen-bond acceptors (Lipinski definition) is 3. The molecule has 2 amide bonds. The number of nitrogens with one attached hydrogen (secondary N) is 2. The summed E-state index contributed by atoms with van der Waals surface area (Å²) in [4.78, 5) is 23.8. The topological polar surface area (TPSA) is 67.4 Å². The van der Waals surface area contributed by atoms with Gasteiger partial charge in [-0.05, 0) is 60.1 Å². The fraction of sp³-hybridized carbons (Fsp3) is 0.440. The van der Waals surface area contributed by atoms with Crippen LogP contribution in [0.25, 0.3) is 0 Å². The van der Waals surface area contributed by atoms with Crippen molar-refractivity contribution in [2.75, 3.05) is 11.9 Å². The van der Waals surface area contributed by atoms with Crippen molar-refractivity contribution in [3.05, 3.63) is 59.2 Å². The molecule has 1 heterocycles. The summed E-state index contributed by atoms with van der Waals surface area (Å²) in [6.45, 7) is 9.04. The van der Waals surface area contributed by atoms with E-state index in [0.29, 0.717) is 25.9 Å². The molecule has 0 radical (unpaired) electrons. The first-order valence-corrected chi connectivity index (χ1v) is 10.7. The van der Waals surface area contributed by atoms with Crippen molar-refractivity contribution >= 4 is 17.5 Å². The Morgan fingerprint density at radius 2 is 1.87 bits per heavy atom. The number of ether oxygens (including phenoxy) is 1. The van der Waals surface area contributed by atoms with Gasteiger partial charge < -0.3 is 15.4 Å². The number of benzene rings is 2. The molecular weight excluding hydrogens is 376 g/mol. The molecule has 5 heteroatoms. The van der Waals surface area contributed by atoms with Crippen molar-refractivity contribution in [3.63, 3.8) is 0 Å². The molecule has 2 aromatic rings. The van der Waals surface area contributed by atoms with E-state index >= 15 is 0 Å². The Morgan fingerprint density at radius 3 is 2.57 bits per heavy atom. The minimum atomic E-state index is -0.0775. The molecule has 5 nitrogen and oxygen atoms in total. The molecule has 0 saturated heterocycles. The highest BCUT2D eigenvalue weighted by atomic mass is 16.5. The minimum Gasteiger partial charge on any atom is -0.494 e. The highest BCUT2D eigenvalue weighted by Crippen LogP contribution is 2.26. The van der Waals surface area contributed by atoms with Crippen LogP contribution in [0.3, 0.4) is 0 Å². The molecule has 1 aliphatic rings. The molecular formula is C25H32N2O3. The molecule has 1 atom stereocenters. The summed E-state index contributed by atoms with van der Waals surface area (Å²) in [5, 5.41) is 5.94. The average molecular weight is 409 g/mol. The van der Waals surface area contributed by atoms with Gasteiger partial charge in [0, 0.05) is 18.5 Å². The van der Waals surface area contributed by atoms with Crippen LogP contribution in [0.5, 0.6) is 5.75 Å². The summed E-state index contributed by atoms with van der Waals surface area (Å²) in [7, 11) is 0. The molecule has 30 heavy (non-hydrogen) atoms. The third-order valence-electron chi connectivity index (χ3n) is 5.44. The van der Waals surface area contributed by atoms with Gasteiger partial charge in [-0.2, -0.15) is 0 Å². The molecule has 0 bridgehead atoms. The highest BCUT2D eigenvalue weighted by Gasteiger charge is 2.17. The molecule has 3 rings (SSSR count). The third-order valence-corrected chi connectivity index (χ3v) is 5.44. The van der Waals surface area contributed by atoms with Crippen LogP contribution in [0.4, 0.5) is 5.69 Å². The van der Waals surface area contributed by atoms with Gasteiger partial charge >= 0.3 is 0 Å². The Bertz CT molecular complexity index is 898. The van der Waals surface area contributed by atoms with Crippen LogP contribution in [-0.2, 0) is 21.4 Å². The first-order chi connectivity index (χ1) is 14.2. The van der Waals surface area contributed by atoms with Gasteiger partial charge in [-0.1, -0.05) is 45.0 Å². The van der Waals surface area contributed by atoms with Crippen LogP contribution < -0.4 is 15.4 Å². The maximum atomic E-state index is 12.3.